The van der Waals surface area contributed by atoms with E-state index in [0.717, 1.165) is 21.2 Å². The van der Waals surface area contributed by atoms with Crippen molar-refractivity contribution >= 4 is 21.8 Å². The van der Waals surface area contributed by atoms with Crippen molar-refractivity contribution in [3.63, 3.8) is 0 Å². The third-order valence-electron chi connectivity index (χ3n) is 3.96. The summed E-state index contributed by atoms with van der Waals surface area (Å²) in [7, 11) is 0. The van der Waals surface area contributed by atoms with Crippen LogP contribution in [-0.4, -0.2) is 5.91 Å². The Morgan fingerprint density at radius 3 is 2.21 bits per heavy atom. The molecule has 120 valence electrons. The van der Waals surface area contributed by atoms with Crippen molar-refractivity contribution in [1.29, 1.82) is 0 Å². The van der Waals surface area contributed by atoms with Crippen LogP contribution in [0.25, 0.3) is 11.1 Å². The molecule has 0 aliphatic heterocycles. The molecule has 0 saturated carbocycles. The van der Waals surface area contributed by atoms with Gasteiger partial charge in [-0.2, -0.15) is 0 Å². The lowest BCUT2D eigenvalue weighted by atomic mass is 9.98. The van der Waals surface area contributed by atoms with Crippen molar-refractivity contribution in [2.45, 2.75) is 13.0 Å². The van der Waals surface area contributed by atoms with Crippen molar-refractivity contribution in [1.82, 2.24) is 5.32 Å². The van der Waals surface area contributed by atoms with E-state index in [1.54, 1.807) is 0 Å². The minimum Gasteiger partial charge on any atom is -0.345 e. The molecule has 1 amide bonds. The van der Waals surface area contributed by atoms with E-state index >= 15 is 0 Å². The van der Waals surface area contributed by atoms with Gasteiger partial charge in [-0.25, -0.2) is 0 Å². The van der Waals surface area contributed by atoms with Crippen molar-refractivity contribution in [2.24, 2.45) is 0 Å². The number of carbonyl (C=O) groups excluding carboxylic acids is 1. The van der Waals surface area contributed by atoms with Gasteiger partial charge in [-0.3, -0.25) is 4.79 Å². The molecule has 0 fully saturated rings. The van der Waals surface area contributed by atoms with Gasteiger partial charge in [0.05, 0.1) is 6.04 Å². The second-order valence-corrected chi connectivity index (χ2v) is 6.58. The smallest absolute Gasteiger partial charge is 0.252 e. The topological polar surface area (TPSA) is 29.1 Å². The molecular weight excluding hydrogens is 362 g/mol. The number of halogens is 1. The maximum Gasteiger partial charge on any atom is 0.252 e. The van der Waals surface area contributed by atoms with Crippen LogP contribution < -0.4 is 5.32 Å². The third kappa shape index (κ3) is 3.74. The van der Waals surface area contributed by atoms with Gasteiger partial charge < -0.3 is 5.32 Å². The van der Waals surface area contributed by atoms with E-state index in [1.165, 1.54) is 0 Å². The van der Waals surface area contributed by atoms with Gasteiger partial charge >= 0.3 is 0 Å². The number of carbonyl (C=O) groups is 1. The lowest BCUT2D eigenvalue weighted by Crippen LogP contribution is -2.27. The van der Waals surface area contributed by atoms with E-state index in [4.69, 9.17) is 0 Å². The van der Waals surface area contributed by atoms with Gasteiger partial charge in [-0.15, -0.1) is 0 Å². The van der Waals surface area contributed by atoms with Gasteiger partial charge in [0.25, 0.3) is 5.91 Å². The lowest BCUT2D eigenvalue weighted by Gasteiger charge is -2.16. The standard InChI is InChI=1S/C21H18BrNO/c1-15(16-8-4-2-5-9-16)23-21(24)20-14-18(22)12-13-19(20)17-10-6-3-7-11-17/h2-15H,1H3,(H,23,24). The fourth-order valence-electron chi connectivity index (χ4n) is 2.67. The zero-order valence-corrected chi connectivity index (χ0v) is 15.0. The quantitative estimate of drug-likeness (QED) is 0.627. The molecule has 0 heterocycles. The van der Waals surface area contributed by atoms with Crippen molar-refractivity contribution in [3.8, 4) is 11.1 Å². The van der Waals surface area contributed by atoms with Crippen LogP contribution in [0.15, 0.2) is 83.3 Å². The SMILES string of the molecule is CC(NC(=O)c1cc(Br)ccc1-c1ccccc1)c1ccccc1. The largest absolute Gasteiger partial charge is 0.345 e. The van der Waals surface area contributed by atoms with Gasteiger partial charge in [0.1, 0.15) is 0 Å². The molecule has 0 spiro atoms. The number of amides is 1. The molecule has 0 radical (unpaired) electrons. The number of hydrogen-bond acceptors (Lipinski definition) is 1. The van der Waals surface area contributed by atoms with Crippen LogP contribution in [0.1, 0.15) is 28.9 Å². The number of rotatable bonds is 4. The predicted molar refractivity (Wildman–Crippen MR) is 102 cm³/mol. The average Bonchev–Trinajstić information content (AvgIpc) is 2.63. The Balaban J connectivity index is 1.91. The Morgan fingerprint density at radius 1 is 0.917 bits per heavy atom. The highest BCUT2D eigenvalue weighted by Crippen LogP contribution is 2.27. The van der Waals surface area contributed by atoms with E-state index in [2.05, 4.69) is 21.2 Å². The first-order valence-corrected chi connectivity index (χ1v) is 8.65. The molecule has 3 rings (SSSR count). The molecule has 3 aromatic rings. The Hall–Kier alpha value is -2.39. The summed E-state index contributed by atoms with van der Waals surface area (Å²) in [5.74, 6) is -0.0773. The second kappa shape index (κ2) is 7.45. The van der Waals surface area contributed by atoms with E-state index in [1.807, 2.05) is 85.8 Å². The van der Waals surface area contributed by atoms with Crippen LogP contribution in [0.4, 0.5) is 0 Å². The van der Waals surface area contributed by atoms with Gasteiger partial charge in [0.2, 0.25) is 0 Å². The average molecular weight is 380 g/mol. The first-order valence-electron chi connectivity index (χ1n) is 7.86. The van der Waals surface area contributed by atoms with Crippen LogP contribution in [-0.2, 0) is 0 Å². The van der Waals surface area contributed by atoms with E-state index in [9.17, 15) is 4.79 Å². The highest BCUT2D eigenvalue weighted by atomic mass is 79.9. The monoisotopic (exact) mass is 379 g/mol. The van der Waals surface area contributed by atoms with Crippen LogP contribution in [0.5, 0.6) is 0 Å². The molecule has 1 atom stereocenters. The van der Waals surface area contributed by atoms with Crippen LogP contribution in [0, 0.1) is 0 Å². The molecule has 1 unspecified atom stereocenters. The third-order valence-corrected chi connectivity index (χ3v) is 4.45. The summed E-state index contributed by atoms with van der Waals surface area (Å²) >= 11 is 3.47. The summed E-state index contributed by atoms with van der Waals surface area (Å²) in [5, 5.41) is 3.09. The van der Waals surface area contributed by atoms with Crippen molar-refractivity contribution in [3.05, 3.63) is 94.5 Å². The second-order valence-electron chi connectivity index (χ2n) is 5.66. The maximum absolute atomic E-state index is 12.8. The Morgan fingerprint density at radius 2 is 1.54 bits per heavy atom. The van der Waals surface area contributed by atoms with E-state index in [-0.39, 0.29) is 11.9 Å². The summed E-state index contributed by atoms with van der Waals surface area (Å²) in [6.45, 7) is 1.99. The minimum atomic E-state index is -0.0773. The number of benzene rings is 3. The molecule has 3 heteroatoms. The molecule has 0 saturated heterocycles. The van der Waals surface area contributed by atoms with Crippen molar-refractivity contribution < 1.29 is 4.79 Å². The predicted octanol–water partition coefficient (Wildman–Crippen LogP) is 5.61. The molecule has 1 N–H and O–H groups in total. The molecule has 24 heavy (non-hydrogen) atoms. The van der Waals surface area contributed by atoms with Crippen LogP contribution in [0.3, 0.4) is 0 Å². The normalized spacial score (nSPS) is 11.8. The minimum absolute atomic E-state index is 0.0543. The van der Waals surface area contributed by atoms with Crippen LogP contribution >= 0.6 is 15.9 Å². The molecule has 3 aromatic carbocycles. The highest BCUT2D eigenvalue weighted by molar-refractivity contribution is 9.10. The summed E-state index contributed by atoms with van der Waals surface area (Å²) in [6, 6.07) is 25.7. The van der Waals surface area contributed by atoms with Gasteiger partial charge in [-0.1, -0.05) is 82.7 Å². The Bertz CT molecular complexity index is 831. The van der Waals surface area contributed by atoms with Gasteiger partial charge in [0, 0.05) is 10.0 Å². The number of nitrogens with one attached hydrogen (secondary N) is 1. The van der Waals surface area contributed by atoms with E-state index in [0.29, 0.717) is 5.56 Å². The first-order chi connectivity index (χ1) is 11.6. The molecule has 0 aliphatic rings. The molecular formula is C21H18BrNO. The molecule has 0 aliphatic carbocycles. The fourth-order valence-corrected chi connectivity index (χ4v) is 3.03. The summed E-state index contributed by atoms with van der Waals surface area (Å²) in [4.78, 5) is 12.8. The molecule has 2 nitrogen and oxygen atoms in total. The Labute approximate surface area is 150 Å². The summed E-state index contributed by atoms with van der Waals surface area (Å²) in [6.07, 6.45) is 0. The number of hydrogen-bond donors (Lipinski definition) is 1. The van der Waals surface area contributed by atoms with Crippen LogP contribution in [0.2, 0.25) is 0 Å². The lowest BCUT2D eigenvalue weighted by molar-refractivity contribution is 0.0940. The van der Waals surface area contributed by atoms with Gasteiger partial charge in [0.15, 0.2) is 0 Å². The zero-order chi connectivity index (χ0) is 16.9. The van der Waals surface area contributed by atoms with Crippen molar-refractivity contribution in [2.75, 3.05) is 0 Å². The zero-order valence-electron chi connectivity index (χ0n) is 13.4. The molecule has 0 aromatic heterocycles. The molecule has 0 bridgehead atoms. The Kier molecular flexibility index (Phi) is 5.11. The summed E-state index contributed by atoms with van der Waals surface area (Å²) in [5.41, 5.74) is 3.71. The highest BCUT2D eigenvalue weighted by Gasteiger charge is 2.16. The fraction of sp³-hybridized carbons (Fsp3) is 0.0952. The van der Waals surface area contributed by atoms with Gasteiger partial charge in [-0.05, 0) is 35.7 Å². The first kappa shape index (κ1) is 16.5. The van der Waals surface area contributed by atoms with E-state index < -0.39 is 0 Å². The summed E-state index contributed by atoms with van der Waals surface area (Å²) < 4.78 is 0.889. The maximum atomic E-state index is 12.8.